The summed E-state index contributed by atoms with van der Waals surface area (Å²) in [6.45, 7) is 2.07. The number of para-hydroxylation sites is 2. The van der Waals surface area contributed by atoms with Crippen LogP contribution < -0.4 is 10.1 Å². The van der Waals surface area contributed by atoms with Gasteiger partial charge < -0.3 is 15.0 Å². The van der Waals surface area contributed by atoms with Gasteiger partial charge in [0.15, 0.2) is 11.9 Å². The van der Waals surface area contributed by atoms with Gasteiger partial charge in [-0.3, -0.25) is 4.79 Å². The molecular weight excluding hydrogens is 300 g/mol. The van der Waals surface area contributed by atoms with Gasteiger partial charge in [-0.2, -0.15) is 0 Å². The summed E-state index contributed by atoms with van der Waals surface area (Å²) < 4.78 is 5.97. The molecule has 2 aromatic carbocycles. The molecule has 0 saturated carbocycles. The first-order valence-electron chi connectivity index (χ1n) is 7.80. The number of nitrogens with one attached hydrogen (secondary N) is 2. The van der Waals surface area contributed by atoms with E-state index >= 15 is 0 Å². The summed E-state index contributed by atoms with van der Waals surface area (Å²) in [4.78, 5) is 15.4. The Morgan fingerprint density at radius 3 is 2.83 bits per heavy atom. The van der Waals surface area contributed by atoms with Crippen molar-refractivity contribution in [3.05, 3.63) is 48.0 Å². The highest BCUT2D eigenvalue weighted by Crippen LogP contribution is 2.41. The quantitative estimate of drug-likeness (QED) is 0.670. The monoisotopic (exact) mass is 316 g/mol. The van der Waals surface area contributed by atoms with Gasteiger partial charge in [0.25, 0.3) is 0 Å². The molecule has 0 unspecified atom stereocenters. The van der Waals surface area contributed by atoms with Crippen molar-refractivity contribution in [3.63, 3.8) is 0 Å². The molecule has 0 radical (unpaired) electrons. The van der Waals surface area contributed by atoms with Crippen LogP contribution in [0.15, 0.2) is 42.5 Å². The summed E-state index contributed by atoms with van der Waals surface area (Å²) in [5.74, 6) is 3.02. The van der Waals surface area contributed by atoms with E-state index in [9.17, 15) is 4.79 Å². The van der Waals surface area contributed by atoms with Gasteiger partial charge in [0.2, 0.25) is 5.91 Å². The van der Waals surface area contributed by atoms with Gasteiger partial charge in [0, 0.05) is 16.5 Å². The Hall–Kier alpha value is -3.19. The zero-order valence-electron chi connectivity index (χ0n) is 13.2. The van der Waals surface area contributed by atoms with E-state index in [1.54, 1.807) is 0 Å². The molecule has 0 spiro atoms. The number of carbonyl (C=O) groups excluding carboxylic acids is 1. The minimum Gasteiger partial charge on any atom is -0.474 e. The predicted octanol–water partition coefficient (Wildman–Crippen LogP) is 3.87. The van der Waals surface area contributed by atoms with Crippen LogP contribution in [-0.4, -0.2) is 17.0 Å². The number of terminal acetylenes is 1. The Kier molecular flexibility index (Phi) is 3.28. The van der Waals surface area contributed by atoms with Crippen LogP contribution in [0.1, 0.15) is 12.0 Å². The van der Waals surface area contributed by atoms with Crippen LogP contribution in [0.3, 0.4) is 0 Å². The number of aromatic nitrogens is 1. The van der Waals surface area contributed by atoms with Crippen molar-refractivity contribution in [2.45, 2.75) is 19.4 Å². The lowest BCUT2D eigenvalue weighted by molar-refractivity contribution is -0.116. The molecule has 4 heteroatoms. The number of carbonyl (C=O) groups is 1. The van der Waals surface area contributed by atoms with Crippen molar-refractivity contribution >= 4 is 22.5 Å². The summed E-state index contributed by atoms with van der Waals surface area (Å²) >= 11 is 0. The van der Waals surface area contributed by atoms with Gasteiger partial charge in [-0.1, -0.05) is 30.2 Å². The van der Waals surface area contributed by atoms with Crippen molar-refractivity contribution in [2.24, 2.45) is 0 Å². The van der Waals surface area contributed by atoms with E-state index in [1.165, 1.54) is 0 Å². The van der Waals surface area contributed by atoms with Crippen LogP contribution in [0.2, 0.25) is 0 Å². The van der Waals surface area contributed by atoms with Crippen LogP contribution in [0.4, 0.5) is 5.69 Å². The lowest BCUT2D eigenvalue weighted by Crippen LogP contribution is -2.19. The summed E-state index contributed by atoms with van der Waals surface area (Å²) in [7, 11) is 0. The lowest BCUT2D eigenvalue weighted by Gasteiger charge is -2.15. The average Bonchev–Trinajstić information content (AvgIpc) is 2.82. The average molecular weight is 316 g/mol. The molecule has 3 aromatic rings. The van der Waals surface area contributed by atoms with Gasteiger partial charge in [-0.25, -0.2) is 0 Å². The molecule has 4 rings (SSSR count). The maximum Gasteiger partial charge on any atom is 0.229 e. The Bertz CT molecular complexity index is 995. The van der Waals surface area contributed by atoms with Crippen LogP contribution >= 0.6 is 0 Å². The second kappa shape index (κ2) is 5.47. The maximum absolute atomic E-state index is 12.0. The van der Waals surface area contributed by atoms with Crippen LogP contribution in [0, 0.1) is 19.3 Å². The van der Waals surface area contributed by atoms with Gasteiger partial charge in [0.1, 0.15) is 0 Å². The molecule has 2 heterocycles. The van der Waals surface area contributed by atoms with E-state index in [-0.39, 0.29) is 12.3 Å². The first kappa shape index (κ1) is 14.4. The standard InChI is InChI=1S/C20H16N2O2/c1-3-13-11-18(23)21-17-10-6-8-15(20(17)24-13)19-12(2)14-7-4-5-9-16(14)22-19/h1,4-10,13,22H,11H2,2H3,(H,21,23)/t13-/m1/s1. The van der Waals surface area contributed by atoms with Crippen LogP contribution in [0.25, 0.3) is 22.2 Å². The van der Waals surface area contributed by atoms with E-state index < -0.39 is 6.10 Å². The molecule has 0 fully saturated rings. The van der Waals surface area contributed by atoms with E-state index in [0.29, 0.717) is 11.4 Å². The van der Waals surface area contributed by atoms with Crippen molar-refractivity contribution < 1.29 is 9.53 Å². The van der Waals surface area contributed by atoms with Crippen molar-refractivity contribution in [2.75, 3.05) is 5.32 Å². The molecule has 1 aliphatic heterocycles. The number of amides is 1. The number of aromatic amines is 1. The number of anilines is 1. The lowest BCUT2D eigenvalue weighted by atomic mass is 10.0. The van der Waals surface area contributed by atoms with Gasteiger partial charge in [-0.15, -0.1) is 6.42 Å². The summed E-state index contributed by atoms with van der Waals surface area (Å²) in [6.07, 6.45) is 5.09. The highest BCUT2D eigenvalue weighted by atomic mass is 16.5. The number of benzene rings is 2. The van der Waals surface area contributed by atoms with E-state index in [0.717, 1.165) is 27.7 Å². The molecule has 0 aliphatic carbocycles. The van der Waals surface area contributed by atoms with E-state index in [1.807, 2.05) is 36.4 Å². The molecular formula is C20H16N2O2. The molecule has 0 bridgehead atoms. The highest BCUT2D eigenvalue weighted by Gasteiger charge is 2.25. The molecule has 2 N–H and O–H groups in total. The number of hydrogen-bond donors (Lipinski definition) is 2. The number of H-pyrrole nitrogens is 1. The Balaban J connectivity index is 1.93. The molecule has 118 valence electrons. The molecule has 1 aliphatic rings. The normalized spacial score (nSPS) is 16.7. The fourth-order valence-electron chi connectivity index (χ4n) is 3.16. The minimum atomic E-state index is -0.572. The van der Waals surface area contributed by atoms with E-state index in [2.05, 4.69) is 29.2 Å². The molecule has 1 amide bonds. The summed E-state index contributed by atoms with van der Waals surface area (Å²) in [5, 5.41) is 4.04. The predicted molar refractivity (Wildman–Crippen MR) is 95.0 cm³/mol. The number of fused-ring (bicyclic) bond motifs is 2. The maximum atomic E-state index is 12.0. The van der Waals surface area contributed by atoms with Gasteiger partial charge in [0.05, 0.1) is 17.8 Å². The summed E-state index contributed by atoms with van der Waals surface area (Å²) in [6, 6.07) is 13.8. The third kappa shape index (κ3) is 2.22. The van der Waals surface area contributed by atoms with Crippen LogP contribution in [0.5, 0.6) is 5.75 Å². The smallest absolute Gasteiger partial charge is 0.229 e. The fraction of sp³-hybridized carbons (Fsp3) is 0.150. The molecule has 1 aromatic heterocycles. The zero-order valence-corrected chi connectivity index (χ0v) is 13.2. The summed E-state index contributed by atoms with van der Waals surface area (Å²) in [5.41, 5.74) is 4.71. The van der Waals surface area contributed by atoms with Crippen molar-refractivity contribution in [1.29, 1.82) is 0 Å². The van der Waals surface area contributed by atoms with Crippen molar-refractivity contribution in [3.8, 4) is 29.4 Å². The second-order valence-corrected chi connectivity index (χ2v) is 5.88. The third-order valence-electron chi connectivity index (χ3n) is 4.34. The number of ether oxygens (including phenoxy) is 1. The minimum absolute atomic E-state index is 0.137. The first-order valence-corrected chi connectivity index (χ1v) is 7.80. The molecule has 0 saturated heterocycles. The highest BCUT2D eigenvalue weighted by molar-refractivity contribution is 5.97. The molecule has 24 heavy (non-hydrogen) atoms. The largest absolute Gasteiger partial charge is 0.474 e. The Labute approximate surface area is 139 Å². The van der Waals surface area contributed by atoms with Crippen LogP contribution in [-0.2, 0) is 4.79 Å². The zero-order chi connectivity index (χ0) is 16.7. The Morgan fingerprint density at radius 1 is 1.21 bits per heavy atom. The number of rotatable bonds is 1. The number of aryl methyl sites for hydroxylation is 1. The second-order valence-electron chi connectivity index (χ2n) is 5.88. The molecule has 4 nitrogen and oxygen atoms in total. The fourth-order valence-corrected chi connectivity index (χ4v) is 3.16. The first-order chi connectivity index (χ1) is 11.7. The van der Waals surface area contributed by atoms with Gasteiger partial charge >= 0.3 is 0 Å². The third-order valence-corrected chi connectivity index (χ3v) is 4.34. The van der Waals surface area contributed by atoms with E-state index in [4.69, 9.17) is 11.2 Å². The topological polar surface area (TPSA) is 54.1 Å². The molecule has 1 atom stereocenters. The Morgan fingerprint density at radius 2 is 2.04 bits per heavy atom. The SMILES string of the molecule is C#C[C@@H]1CC(=O)Nc2cccc(-c3[nH]c4ccccc4c3C)c2O1. The number of hydrogen-bond acceptors (Lipinski definition) is 2. The van der Waals surface area contributed by atoms with Crippen molar-refractivity contribution in [1.82, 2.24) is 4.98 Å². The van der Waals surface area contributed by atoms with Gasteiger partial charge in [-0.05, 0) is 30.7 Å².